The number of nitrogens with one attached hydrogen (secondary N) is 1. The fourth-order valence-electron chi connectivity index (χ4n) is 4.23. The number of benzene rings is 1. The molecule has 0 aliphatic carbocycles. The monoisotopic (exact) mass is 661 g/mol. The van der Waals surface area contributed by atoms with Crippen LogP contribution < -0.4 is 4.72 Å². The van der Waals surface area contributed by atoms with Crippen molar-refractivity contribution in [1.82, 2.24) is 24.3 Å². The van der Waals surface area contributed by atoms with Crippen molar-refractivity contribution in [3.05, 3.63) is 64.6 Å². The lowest BCUT2D eigenvalue weighted by atomic mass is 10.1. The molecule has 0 bridgehead atoms. The number of ether oxygens (including phenoxy) is 2. The second-order valence-corrected chi connectivity index (χ2v) is 14.0. The molecule has 0 saturated heterocycles. The van der Waals surface area contributed by atoms with Crippen LogP contribution >= 0.6 is 11.3 Å². The van der Waals surface area contributed by atoms with Gasteiger partial charge in [0.1, 0.15) is 41.7 Å². The first-order valence-corrected chi connectivity index (χ1v) is 16.3. The van der Waals surface area contributed by atoms with Crippen molar-refractivity contribution in [1.29, 1.82) is 0 Å². The molecule has 2 heterocycles. The van der Waals surface area contributed by atoms with Crippen LogP contribution in [0.25, 0.3) is 0 Å². The van der Waals surface area contributed by atoms with Gasteiger partial charge in [0.25, 0.3) is 0 Å². The molecule has 13 nitrogen and oxygen atoms in total. The van der Waals surface area contributed by atoms with E-state index in [-0.39, 0.29) is 6.54 Å². The summed E-state index contributed by atoms with van der Waals surface area (Å²) >= 11 is -0.857. The Hall–Kier alpha value is -3.66. The number of rotatable bonds is 15. The van der Waals surface area contributed by atoms with E-state index in [1.54, 1.807) is 76.8 Å². The maximum absolute atomic E-state index is 13.5. The number of carbonyl (C=O) groups is 3. The number of thiazole rings is 1. The maximum Gasteiger partial charge on any atom is 0.326 e. The maximum atomic E-state index is 13.5. The summed E-state index contributed by atoms with van der Waals surface area (Å²) in [7, 11) is 0. The van der Waals surface area contributed by atoms with Crippen LogP contribution in [0, 0.1) is 0 Å². The van der Waals surface area contributed by atoms with Gasteiger partial charge in [-0.05, 0) is 65.7 Å². The molecule has 3 aromatic rings. The minimum absolute atomic E-state index is 0.151. The minimum atomic E-state index is -2.39. The molecule has 0 aliphatic heterocycles. The van der Waals surface area contributed by atoms with E-state index >= 15 is 0 Å². The number of esters is 2. The Morgan fingerprint density at radius 3 is 2.11 bits per heavy atom. The molecule has 0 saturated carbocycles. The predicted molar refractivity (Wildman–Crippen MR) is 169 cm³/mol. The van der Waals surface area contributed by atoms with Crippen molar-refractivity contribution in [3.8, 4) is 0 Å². The Kier molecular flexibility index (Phi) is 12.8. The highest BCUT2D eigenvalue weighted by atomic mass is 32.2. The van der Waals surface area contributed by atoms with E-state index < -0.39 is 53.4 Å². The molecular weight excluding hydrogens is 620 g/mol. The average Bonchev–Trinajstić information content (AvgIpc) is 3.57. The Morgan fingerprint density at radius 2 is 1.58 bits per heavy atom. The van der Waals surface area contributed by atoms with Gasteiger partial charge in [-0.25, -0.2) is 9.97 Å². The molecule has 15 heteroatoms. The number of imidazole rings is 1. The van der Waals surface area contributed by atoms with Crippen LogP contribution in [0.4, 0.5) is 5.69 Å². The van der Waals surface area contributed by atoms with Gasteiger partial charge < -0.3 is 28.2 Å². The van der Waals surface area contributed by atoms with Crippen LogP contribution in [0.5, 0.6) is 0 Å². The quantitative estimate of drug-likeness (QED) is 0.189. The number of amides is 1. The van der Waals surface area contributed by atoms with Crippen LogP contribution in [0.3, 0.4) is 0 Å². The fourth-order valence-corrected chi connectivity index (χ4v) is 5.22. The van der Waals surface area contributed by atoms with Crippen molar-refractivity contribution >= 4 is 46.1 Å². The van der Waals surface area contributed by atoms with Gasteiger partial charge >= 0.3 is 11.9 Å². The summed E-state index contributed by atoms with van der Waals surface area (Å²) in [5, 5.41) is 2.82. The van der Waals surface area contributed by atoms with Crippen molar-refractivity contribution in [2.24, 2.45) is 0 Å². The van der Waals surface area contributed by atoms with Crippen LogP contribution in [-0.4, -0.2) is 81.8 Å². The Labute approximate surface area is 270 Å². The first-order valence-electron chi connectivity index (χ1n) is 14.3. The summed E-state index contributed by atoms with van der Waals surface area (Å²) in [6.45, 7) is 11.0. The number of carbonyl (C=O) groups excluding carboxylic acids is 3. The number of nitrogens with zero attached hydrogens (tertiary/aromatic N) is 5. The molecule has 1 unspecified atom stereocenters. The molecule has 0 spiro atoms. The summed E-state index contributed by atoms with van der Waals surface area (Å²) in [4.78, 5) is 51.0. The van der Waals surface area contributed by atoms with Crippen LogP contribution in [0.2, 0.25) is 0 Å². The van der Waals surface area contributed by atoms with Crippen molar-refractivity contribution in [2.75, 3.05) is 24.4 Å². The summed E-state index contributed by atoms with van der Waals surface area (Å²) in [5.74, 6) is -1.12. The van der Waals surface area contributed by atoms with Gasteiger partial charge in [-0.1, -0.05) is 12.1 Å². The third-order valence-electron chi connectivity index (χ3n) is 6.02. The second kappa shape index (κ2) is 16.1. The number of hydrogen-bond donors (Lipinski definition) is 1. The Bertz CT molecular complexity index is 1400. The standard InChI is InChI=1S/C30H42N6O7S2/c1-29(2,3)42-27(38)20-36(21-28(39)43-30(4,5)6)26(37)19-35-15-12-31-24(35)17-34(18-25-32-13-16-44-25)14-11-22-7-9-23(10-8-22)33-45(40)41/h7-10,12-13,15-16,33H,11,14,17-21H2,1-6H3,(H,40,41)/p-1. The molecule has 0 radical (unpaired) electrons. The van der Waals surface area contributed by atoms with E-state index in [9.17, 15) is 23.1 Å². The lowest BCUT2D eigenvalue weighted by Gasteiger charge is -2.27. The summed E-state index contributed by atoms with van der Waals surface area (Å²) < 4.78 is 36.6. The molecule has 0 fully saturated rings. The average molecular weight is 662 g/mol. The fraction of sp³-hybridized carbons (Fsp3) is 0.500. The first kappa shape index (κ1) is 35.8. The first-order chi connectivity index (χ1) is 21.1. The predicted octanol–water partition coefficient (Wildman–Crippen LogP) is 3.30. The Morgan fingerprint density at radius 1 is 0.956 bits per heavy atom. The van der Waals surface area contributed by atoms with Gasteiger partial charge in [0.15, 0.2) is 0 Å². The number of anilines is 1. The minimum Gasteiger partial charge on any atom is -0.755 e. The molecule has 0 aliphatic rings. The number of hydrogen-bond acceptors (Lipinski definition) is 11. The lowest BCUT2D eigenvalue weighted by molar-refractivity contribution is -0.164. The highest BCUT2D eigenvalue weighted by molar-refractivity contribution is 7.80. The van der Waals surface area contributed by atoms with Gasteiger partial charge in [-0.15, -0.1) is 11.3 Å². The van der Waals surface area contributed by atoms with E-state index in [1.807, 2.05) is 17.5 Å². The zero-order chi connectivity index (χ0) is 33.2. The van der Waals surface area contributed by atoms with Crippen molar-refractivity contribution in [3.63, 3.8) is 0 Å². The molecule has 3 rings (SSSR count). The molecule has 1 atom stereocenters. The van der Waals surface area contributed by atoms with Crippen LogP contribution in [-0.2, 0) is 61.2 Å². The molecule has 1 amide bonds. The van der Waals surface area contributed by atoms with Gasteiger partial charge in [-0.2, -0.15) is 0 Å². The topological polar surface area (TPSA) is 159 Å². The van der Waals surface area contributed by atoms with Crippen LogP contribution in [0.15, 0.2) is 48.2 Å². The molecule has 2 aromatic heterocycles. The van der Waals surface area contributed by atoms with Crippen molar-refractivity contribution < 1.29 is 32.6 Å². The van der Waals surface area contributed by atoms with Gasteiger partial charge in [0.2, 0.25) is 5.91 Å². The molecule has 1 N–H and O–H groups in total. The highest BCUT2D eigenvalue weighted by Crippen LogP contribution is 2.16. The van der Waals surface area contributed by atoms with E-state index in [4.69, 9.17) is 9.47 Å². The summed E-state index contributed by atoms with van der Waals surface area (Å²) in [6.07, 6.45) is 5.69. The Balaban J connectivity index is 1.73. The largest absolute Gasteiger partial charge is 0.755 e. The normalized spacial score (nSPS) is 12.5. The third-order valence-corrected chi connectivity index (χ3v) is 7.19. The SMILES string of the molecule is CC(C)(C)OC(=O)CN(CC(=O)OC(C)(C)C)C(=O)Cn1ccnc1CN(CCc1ccc(NS(=O)[O-])cc1)Cc1nccs1. The molecule has 1 aromatic carbocycles. The van der Waals surface area contributed by atoms with Crippen molar-refractivity contribution in [2.45, 2.75) is 78.8 Å². The van der Waals surface area contributed by atoms with Crippen LogP contribution in [0.1, 0.15) is 57.9 Å². The third kappa shape index (κ3) is 13.5. The molecular formula is C30H41N6O7S2-. The smallest absolute Gasteiger partial charge is 0.326 e. The zero-order valence-electron chi connectivity index (χ0n) is 26.5. The van der Waals surface area contributed by atoms with Gasteiger partial charge in [-0.3, -0.25) is 23.5 Å². The van der Waals surface area contributed by atoms with Gasteiger partial charge in [0, 0.05) is 47.5 Å². The van der Waals surface area contributed by atoms with E-state index in [2.05, 4.69) is 19.6 Å². The summed E-state index contributed by atoms with van der Waals surface area (Å²) in [6, 6.07) is 7.13. The second-order valence-electron chi connectivity index (χ2n) is 12.3. The molecule has 45 heavy (non-hydrogen) atoms. The van der Waals surface area contributed by atoms with E-state index in [0.29, 0.717) is 37.6 Å². The lowest BCUT2D eigenvalue weighted by Crippen LogP contribution is -2.44. The molecule has 246 valence electrons. The number of aromatic nitrogens is 3. The van der Waals surface area contributed by atoms with E-state index in [1.165, 1.54) is 11.3 Å². The van der Waals surface area contributed by atoms with E-state index in [0.717, 1.165) is 15.5 Å². The highest BCUT2D eigenvalue weighted by Gasteiger charge is 2.27. The summed E-state index contributed by atoms with van der Waals surface area (Å²) in [5.41, 5.74) is -0.0241. The zero-order valence-corrected chi connectivity index (χ0v) is 28.1. The van der Waals surface area contributed by atoms with Gasteiger partial charge in [0.05, 0.1) is 13.1 Å².